The third-order valence-corrected chi connectivity index (χ3v) is 7.46. The lowest BCUT2D eigenvalue weighted by atomic mass is 9.67. The van der Waals surface area contributed by atoms with Crippen molar-refractivity contribution in [1.82, 2.24) is 10.2 Å². The van der Waals surface area contributed by atoms with E-state index in [2.05, 4.69) is 24.1 Å². The molecule has 0 radical (unpaired) electrons. The van der Waals surface area contributed by atoms with E-state index in [1.807, 2.05) is 0 Å². The molecule has 2 aliphatic heterocycles. The Bertz CT molecular complexity index is 362. The van der Waals surface area contributed by atoms with Crippen LogP contribution in [-0.2, 0) is 0 Å². The van der Waals surface area contributed by atoms with Gasteiger partial charge in [0.05, 0.1) is 0 Å². The highest BCUT2D eigenvalue weighted by Gasteiger charge is 2.55. The number of rotatable bonds is 1. The van der Waals surface area contributed by atoms with Crippen molar-refractivity contribution in [3.63, 3.8) is 0 Å². The summed E-state index contributed by atoms with van der Waals surface area (Å²) in [5.74, 6) is 0. The molecule has 2 saturated heterocycles. The van der Waals surface area contributed by atoms with E-state index < -0.39 is 0 Å². The molecule has 2 heteroatoms. The lowest BCUT2D eigenvalue weighted by molar-refractivity contribution is 0.0572. The molecule has 0 aromatic rings. The van der Waals surface area contributed by atoms with Gasteiger partial charge < -0.3 is 5.32 Å². The van der Waals surface area contributed by atoms with Gasteiger partial charge in [0, 0.05) is 18.1 Å². The van der Waals surface area contributed by atoms with Crippen molar-refractivity contribution in [2.24, 2.45) is 10.8 Å². The standard InChI is InChI=1S/C17H30N2/c1-13-17(8-10-18-13)5-3-4-15(12-17)19-11-9-16(6-7-16)14(19)2/h13-15,18H,3-12H2,1-2H3. The Hall–Kier alpha value is -0.0800. The molecule has 2 heterocycles. The maximum absolute atomic E-state index is 3.71. The van der Waals surface area contributed by atoms with Gasteiger partial charge in [0.2, 0.25) is 0 Å². The molecule has 4 aliphatic rings. The van der Waals surface area contributed by atoms with E-state index in [1.165, 1.54) is 64.5 Å². The van der Waals surface area contributed by atoms with Crippen LogP contribution in [0.4, 0.5) is 0 Å². The summed E-state index contributed by atoms with van der Waals surface area (Å²) in [6.07, 6.45) is 11.8. The lowest BCUT2D eigenvalue weighted by Crippen LogP contribution is -2.48. The van der Waals surface area contributed by atoms with Gasteiger partial charge in [-0.05, 0) is 82.7 Å². The van der Waals surface area contributed by atoms with E-state index in [9.17, 15) is 0 Å². The summed E-state index contributed by atoms with van der Waals surface area (Å²) in [7, 11) is 0. The van der Waals surface area contributed by atoms with E-state index >= 15 is 0 Å². The summed E-state index contributed by atoms with van der Waals surface area (Å²) < 4.78 is 0. The second kappa shape index (κ2) is 4.21. The van der Waals surface area contributed by atoms with E-state index in [4.69, 9.17) is 0 Å². The summed E-state index contributed by atoms with van der Waals surface area (Å²) in [5, 5.41) is 3.71. The molecule has 1 N–H and O–H groups in total. The van der Waals surface area contributed by atoms with Gasteiger partial charge in [0.15, 0.2) is 0 Å². The van der Waals surface area contributed by atoms with Crippen molar-refractivity contribution >= 4 is 0 Å². The average molecular weight is 262 g/mol. The van der Waals surface area contributed by atoms with Crippen LogP contribution in [0, 0.1) is 10.8 Å². The van der Waals surface area contributed by atoms with Crippen molar-refractivity contribution in [1.29, 1.82) is 0 Å². The number of nitrogens with zero attached hydrogens (tertiary/aromatic N) is 1. The highest BCUT2D eigenvalue weighted by atomic mass is 15.2. The molecule has 4 unspecified atom stereocenters. The second-order valence-corrected chi connectivity index (χ2v) is 8.06. The topological polar surface area (TPSA) is 15.3 Å². The molecule has 4 fully saturated rings. The van der Waals surface area contributed by atoms with Crippen LogP contribution < -0.4 is 5.32 Å². The first-order valence-electron chi connectivity index (χ1n) is 8.64. The van der Waals surface area contributed by atoms with Crippen LogP contribution in [0.1, 0.15) is 65.2 Å². The largest absolute Gasteiger partial charge is 0.314 e. The Morgan fingerprint density at radius 1 is 1.00 bits per heavy atom. The van der Waals surface area contributed by atoms with Crippen molar-refractivity contribution < 1.29 is 0 Å². The van der Waals surface area contributed by atoms with Gasteiger partial charge in [-0.15, -0.1) is 0 Å². The van der Waals surface area contributed by atoms with Crippen LogP contribution in [0.2, 0.25) is 0 Å². The molecule has 0 aromatic heterocycles. The van der Waals surface area contributed by atoms with Gasteiger partial charge in [-0.3, -0.25) is 4.90 Å². The quantitative estimate of drug-likeness (QED) is 0.781. The molecule has 2 spiro atoms. The van der Waals surface area contributed by atoms with Crippen LogP contribution in [-0.4, -0.2) is 36.1 Å². The molecule has 108 valence electrons. The predicted octanol–water partition coefficient (Wildman–Crippen LogP) is 3.17. The zero-order valence-corrected chi connectivity index (χ0v) is 12.8. The molecule has 2 nitrogen and oxygen atoms in total. The zero-order chi connectivity index (χ0) is 13.1. The van der Waals surface area contributed by atoms with Crippen LogP contribution in [0.25, 0.3) is 0 Å². The second-order valence-electron chi connectivity index (χ2n) is 8.06. The average Bonchev–Trinajstić information content (AvgIpc) is 3.03. The van der Waals surface area contributed by atoms with E-state index in [1.54, 1.807) is 0 Å². The van der Waals surface area contributed by atoms with Crippen LogP contribution in [0.5, 0.6) is 0 Å². The number of hydrogen-bond donors (Lipinski definition) is 1. The van der Waals surface area contributed by atoms with E-state index in [-0.39, 0.29) is 0 Å². The number of nitrogens with one attached hydrogen (secondary N) is 1. The predicted molar refractivity (Wildman–Crippen MR) is 79.2 cm³/mol. The maximum atomic E-state index is 3.71. The Balaban J connectivity index is 1.50. The zero-order valence-electron chi connectivity index (χ0n) is 12.8. The van der Waals surface area contributed by atoms with Gasteiger partial charge in [-0.25, -0.2) is 0 Å². The minimum absolute atomic E-state index is 0.641. The van der Waals surface area contributed by atoms with Crippen molar-refractivity contribution in [2.75, 3.05) is 13.1 Å². The summed E-state index contributed by atoms with van der Waals surface area (Å²) in [6, 6.07) is 2.52. The molecule has 0 aromatic carbocycles. The first kappa shape index (κ1) is 12.6. The van der Waals surface area contributed by atoms with E-state index in [0.717, 1.165) is 23.5 Å². The Morgan fingerprint density at radius 2 is 1.84 bits per heavy atom. The van der Waals surface area contributed by atoms with E-state index in [0.29, 0.717) is 5.41 Å². The molecular formula is C17H30N2. The molecular weight excluding hydrogens is 232 g/mol. The summed E-state index contributed by atoms with van der Waals surface area (Å²) >= 11 is 0. The van der Waals surface area contributed by atoms with Gasteiger partial charge in [0.25, 0.3) is 0 Å². The fraction of sp³-hybridized carbons (Fsp3) is 1.00. The normalized spacial score (nSPS) is 49.3. The van der Waals surface area contributed by atoms with Crippen molar-refractivity contribution in [3.8, 4) is 0 Å². The number of likely N-dealkylation sites (tertiary alicyclic amines) is 1. The SMILES string of the molecule is CC1NCCC12CCCC(N1CCC3(CC3)C1C)C2. The third kappa shape index (κ3) is 1.82. The summed E-state index contributed by atoms with van der Waals surface area (Å²) in [5.41, 5.74) is 1.41. The lowest BCUT2D eigenvalue weighted by Gasteiger charge is -2.45. The Labute approximate surface area is 118 Å². The molecule has 0 amide bonds. The first-order valence-corrected chi connectivity index (χ1v) is 8.64. The van der Waals surface area contributed by atoms with Crippen LogP contribution in [0.3, 0.4) is 0 Å². The monoisotopic (exact) mass is 262 g/mol. The summed E-state index contributed by atoms with van der Waals surface area (Å²) in [6.45, 7) is 7.61. The van der Waals surface area contributed by atoms with Gasteiger partial charge >= 0.3 is 0 Å². The highest BCUT2D eigenvalue weighted by Crippen LogP contribution is 2.58. The van der Waals surface area contributed by atoms with Crippen molar-refractivity contribution in [2.45, 2.75) is 83.3 Å². The maximum Gasteiger partial charge on any atom is 0.0127 e. The number of hydrogen-bond acceptors (Lipinski definition) is 2. The van der Waals surface area contributed by atoms with Crippen LogP contribution in [0.15, 0.2) is 0 Å². The first-order chi connectivity index (χ1) is 9.15. The molecule has 0 bridgehead atoms. The third-order valence-electron chi connectivity index (χ3n) is 7.46. The minimum atomic E-state index is 0.641. The molecule has 4 rings (SSSR count). The highest BCUT2D eigenvalue weighted by molar-refractivity contribution is 5.09. The fourth-order valence-electron chi connectivity index (χ4n) is 5.67. The van der Waals surface area contributed by atoms with Gasteiger partial charge in [0.1, 0.15) is 0 Å². The molecule has 4 atom stereocenters. The minimum Gasteiger partial charge on any atom is -0.314 e. The Morgan fingerprint density at radius 3 is 2.47 bits per heavy atom. The van der Waals surface area contributed by atoms with Crippen LogP contribution >= 0.6 is 0 Å². The fourth-order valence-corrected chi connectivity index (χ4v) is 5.67. The van der Waals surface area contributed by atoms with Gasteiger partial charge in [-0.1, -0.05) is 6.42 Å². The molecule has 19 heavy (non-hydrogen) atoms. The summed E-state index contributed by atoms with van der Waals surface area (Å²) in [4.78, 5) is 2.92. The Kier molecular flexibility index (Phi) is 2.80. The molecule has 2 saturated carbocycles. The smallest absolute Gasteiger partial charge is 0.0127 e. The van der Waals surface area contributed by atoms with Crippen molar-refractivity contribution in [3.05, 3.63) is 0 Å². The molecule has 2 aliphatic carbocycles. The van der Waals surface area contributed by atoms with Gasteiger partial charge in [-0.2, -0.15) is 0 Å².